The van der Waals surface area contributed by atoms with Gasteiger partial charge in [-0.05, 0) is 38.1 Å². The number of halogens is 3. The topological polar surface area (TPSA) is 77.9 Å². The number of ether oxygens (including phenoxy) is 3. The second kappa shape index (κ2) is 7.16. The molecule has 0 radical (unpaired) electrons. The van der Waals surface area contributed by atoms with Gasteiger partial charge in [0.25, 0.3) is 0 Å². The van der Waals surface area contributed by atoms with Gasteiger partial charge in [0.05, 0.1) is 12.2 Å². The predicted octanol–water partition coefficient (Wildman–Crippen LogP) is 3.39. The van der Waals surface area contributed by atoms with Gasteiger partial charge in [0.2, 0.25) is 0 Å². The summed E-state index contributed by atoms with van der Waals surface area (Å²) in [5.74, 6) is -5.95. The third-order valence-electron chi connectivity index (χ3n) is 3.85. The molecule has 0 aliphatic carbocycles. The smallest absolute Gasteiger partial charge is 0.354 e. The first-order valence-corrected chi connectivity index (χ1v) is 8.01. The largest absolute Gasteiger partial charge is 0.488 e. The summed E-state index contributed by atoms with van der Waals surface area (Å²) in [5.41, 5.74) is -2.11. The summed E-state index contributed by atoms with van der Waals surface area (Å²) >= 11 is 0. The van der Waals surface area contributed by atoms with Crippen LogP contribution in [0, 0.1) is 17.5 Å². The molecule has 1 saturated heterocycles. The second-order valence-corrected chi connectivity index (χ2v) is 6.33. The Morgan fingerprint density at radius 1 is 1.26 bits per heavy atom. The summed E-state index contributed by atoms with van der Waals surface area (Å²) in [4.78, 5) is 14.5. The molecule has 1 aliphatic rings. The highest BCUT2D eigenvalue weighted by Crippen LogP contribution is 2.33. The Kier molecular flexibility index (Phi) is 5.07. The molecule has 1 aliphatic heterocycles. The zero-order chi connectivity index (χ0) is 19.8. The highest BCUT2D eigenvalue weighted by Gasteiger charge is 2.33. The van der Waals surface area contributed by atoms with Crippen molar-refractivity contribution in [2.75, 3.05) is 13.2 Å². The molecular weight excluding hydrogens is 367 g/mol. The number of aromatic nitrogens is 1. The number of rotatable bonds is 5. The first kappa shape index (κ1) is 19.1. The van der Waals surface area contributed by atoms with E-state index in [0.717, 1.165) is 24.3 Å². The van der Waals surface area contributed by atoms with Crippen LogP contribution in [0.15, 0.2) is 24.3 Å². The lowest BCUT2D eigenvalue weighted by Gasteiger charge is -2.17. The summed E-state index contributed by atoms with van der Waals surface area (Å²) in [6.45, 7) is 3.59. The van der Waals surface area contributed by atoms with Crippen molar-refractivity contribution in [2.24, 2.45) is 0 Å². The third kappa shape index (κ3) is 4.04. The summed E-state index contributed by atoms with van der Waals surface area (Å²) in [5, 5.41) is 8.97. The number of nitrogens with zero attached hydrogens (tertiary/aromatic N) is 1. The molecule has 6 nitrogen and oxygen atoms in total. The van der Waals surface area contributed by atoms with Crippen molar-refractivity contribution >= 4 is 5.97 Å². The number of pyridine rings is 1. The molecule has 0 spiro atoms. The maximum Gasteiger partial charge on any atom is 0.354 e. The van der Waals surface area contributed by atoms with Crippen LogP contribution in [-0.4, -0.2) is 41.2 Å². The Bertz CT molecular complexity index is 888. The first-order chi connectivity index (χ1) is 12.7. The molecule has 3 rings (SSSR count). The molecule has 0 unspecified atom stereocenters. The van der Waals surface area contributed by atoms with Crippen LogP contribution in [0.3, 0.4) is 0 Å². The molecule has 27 heavy (non-hydrogen) atoms. The third-order valence-corrected chi connectivity index (χ3v) is 3.85. The van der Waals surface area contributed by atoms with Gasteiger partial charge in [-0.1, -0.05) is 0 Å². The van der Waals surface area contributed by atoms with Crippen molar-refractivity contribution in [3.8, 4) is 17.0 Å². The van der Waals surface area contributed by atoms with Crippen molar-refractivity contribution in [3.63, 3.8) is 0 Å². The summed E-state index contributed by atoms with van der Waals surface area (Å²) in [6.07, 6.45) is -0.460. The molecule has 0 bridgehead atoms. The van der Waals surface area contributed by atoms with Crippen molar-refractivity contribution in [3.05, 3.63) is 47.4 Å². The predicted molar refractivity (Wildman–Crippen MR) is 86.9 cm³/mol. The summed E-state index contributed by atoms with van der Waals surface area (Å²) < 4.78 is 59.2. The van der Waals surface area contributed by atoms with Crippen molar-refractivity contribution in [2.45, 2.75) is 25.7 Å². The average molecular weight is 383 g/mol. The van der Waals surface area contributed by atoms with Gasteiger partial charge >= 0.3 is 5.97 Å². The number of carbonyl (C=O) groups is 1. The lowest BCUT2D eigenvalue weighted by Crippen LogP contribution is -2.25. The summed E-state index contributed by atoms with van der Waals surface area (Å²) in [6, 6.07) is 3.62. The van der Waals surface area contributed by atoms with E-state index in [0.29, 0.717) is 0 Å². The number of aromatic carboxylic acids is 1. The second-order valence-electron chi connectivity index (χ2n) is 6.33. The van der Waals surface area contributed by atoms with Gasteiger partial charge < -0.3 is 19.3 Å². The molecule has 1 aromatic carbocycles. The van der Waals surface area contributed by atoms with Crippen molar-refractivity contribution < 1.29 is 37.3 Å². The van der Waals surface area contributed by atoms with Crippen LogP contribution >= 0.6 is 0 Å². The lowest BCUT2D eigenvalue weighted by atomic mass is 10.1. The van der Waals surface area contributed by atoms with E-state index in [-0.39, 0.29) is 19.0 Å². The van der Waals surface area contributed by atoms with E-state index in [1.165, 1.54) is 0 Å². The zero-order valence-electron chi connectivity index (χ0n) is 14.5. The molecule has 2 heterocycles. The maximum atomic E-state index is 14.8. The number of benzene rings is 1. The van der Waals surface area contributed by atoms with Crippen LogP contribution in [0.25, 0.3) is 11.3 Å². The fourth-order valence-corrected chi connectivity index (χ4v) is 2.63. The van der Waals surface area contributed by atoms with Crippen LogP contribution in [0.1, 0.15) is 24.3 Å². The quantitative estimate of drug-likeness (QED) is 0.853. The SMILES string of the molecule is CC1(C)OC[C@@H](COc2ccc(F)c(-c3nc(C(=O)O)ccc3F)c2F)O1. The minimum absolute atomic E-state index is 0.0729. The van der Waals surface area contributed by atoms with Crippen LogP contribution in [-0.2, 0) is 9.47 Å². The Morgan fingerprint density at radius 3 is 2.59 bits per heavy atom. The number of carboxylic acid groups (broad SMARTS) is 1. The maximum absolute atomic E-state index is 14.8. The van der Waals surface area contributed by atoms with E-state index in [2.05, 4.69) is 4.98 Å². The molecule has 0 amide bonds. The fraction of sp³-hybridized carbons (Fsp3) is 0.333. The Hall–Kier alpha value is -2.65. The van der Waals surface area contributed by atoms with Gasteiger partial charge in [-0.2, -0.15) is 0 Å². The minimum atomic E-state index is -1.45. The molecule has 1 fully saturated rings. The van der Waals surface area contributed by atoms with Gasteiger partial charge in [0, 0.05) is 0 Å². The highest BCUT2D eigenvalue weighted by molar-refractivity contribution is 5.86. The van der Waals surface area contributed by atoms with Gasteiger partial charge in [-0.15, -0.1) is 0 Å². The van der Waals surface area contributed by atoms with Gasteiger partial charge in [0.15, 0.2) is 17.4 Å². The monoisotopic (exact) mass is 383 g/mol. The van der Waals surface area contributed by atoms with Crippen LogP contribution in [0.5, 0.6) is 5.75 Å². The fourth-order valence-electron chi connectivity index (χ4n) is 2.63. The molecule has 1 N–H and O–H groups in total. The minimum Gasteiger partial charge on any atom is -0.488 e. The highest BCUT2D eigenvalue weighted by atomic mass is 19.1. The summed E-state index contributed by atoms with van der Waals surface area (Å²) in [7, 11) is 0. The van der Waals surface area contributed by atoms with Crippen LogP contribution in [0.2, 0.25) is 0 Å². The Morgan fingerprint density at radius 2 is 1.96 bits per heavy atom. The molecular formula is C18H16F3NO5. The Labute approximate surface area is 152 Å². The van der Waals surface area contributed by atoms with Crippen molar-refractivity contribution in [1.82, 2.24) is 4.98 Å². The molecule has 1 atom stereocenters. The molecule has 2 aromatic rings. The van der Waals surface area contributed by atoms with Crippen molar-refractivity contribution in [1.29, 1.82) is 0 Å². The molecule has 1 aromatic heterocycles. The van der Waals surface area contributed by atoms with Gasteiger partial charge in [-0.25, -0.2) is 22.9 Å². The van der Waals surface area contributed by atoms with Gasteiger partial charge in [-0.3, -0.25) is 0 Å². The normalized spacial score (nSPS) is 18.5. The standard InChI is InChI=1S/C18H16F3NO5/c1-18(2)26-8-9(27-18)7-25-13-6-4-10(19)14(15(13)21)16-11(20)3-5-12(22-16)17(23)24/h3-6,9H,7-8H2,1-2H3,(H,23,24)/t9-/m1/s1. The molecule has 0 saturated carbocycles. The van der Waals surface area contributed by atoms with E-state index in [1.807, 2.05) is 0 Å². The first-order valence-electron chi connectivity index (χ1n) is 8.01. The van der Waals surface area contributed by atoms with E-state index in [1.54, 1.807) is 13.8 Å². The number of carboxylic acids is 1. The zero-order valence-corrected chi connectivity index (χ0v) is 14.5. The average Bonchev–Trinajstić information content (AvgIpc) is 2.94. The number of hydrogen-bond donors (Lipinski definition) is 1. The number of hydrogen-bond acceptors (Lipinski definition) is 5. The van der Waals surface area contributed by atoms with E-state index in [4.69, 9.17) is 19.3 Å². The Balaban J connectivity index is 1.90. The van der Waals surface area contributed by atoms with E-state index >= 15 is 0 Å². The molecule has 144 valence electrons. The van der Waals surface area contributed by atoms with E-state index < -0.39 is 52.3 Å². The van der Waals surface area contributed by atoms with Crippen LogP contribution in [0.4, 0.5) is 13.2 Å². The van der Waals surface area contributed by atoms with Crippen LogP contribution < -0.4 is 4.74 Å². The lowest BCUT2D eigenvalue weighted by molar-refractivity contribution is -0.141. The van der Waals surface area contributed by atoms with Gasteiger partial charge in [0.1, 0.15) is 35.7 Å². The van der Waals surface area contributed by atoms with E-state index in [9.17, 15) is 18.0 Å². The molecule has 9 heteroatoms.